The third-order valence-corrected chi connectivity index (χ3v) is 6.97. The van der Waals surface area contributed by atoms with Crippen LogP contribution in [0.15, 0.2) is 72.9 Å². The molecule has 5 rings (SSSR count). The summed E-state index contributed by atoms with van der Waals surface area (Å²) in [4.78, 5) is 6.73. The molecule has 1 aliphatic heterocycles. The SMILES string of the molecule is COc1ccc(OC)c(N2C(=S)N[C@H](c3ccccn3)[C@@H]2c2cc(C)n(-c3ccccc3O)c2C)c1. The smallest absolute Gasteiger partial charge is 0.174 e. The van der Waals surface area contributed by atoms with Crippen molar-refractivity contribution in [3.05, 3.63) is 95.6 Å². The van der Waals surface area contributed by atoms with Gasteiger partial charge in [0.25, 0.3) is 0 Å². The second-order valence-corrected chi connectivity index (χ2v) is 9.07. The maximum Gasteiger partial charge on any atom is 0.174 e. The summed E-state index contributed by atoms with van der Waals surface area (Å²) in [5.74, 6) is 1.60. The van der Waals surface area contributed by atoms with Crippen LogP contribution in [-0.4, -0.2) is 34.0 Å². The number of thiocarbonyl (C=S) groups is 1. The number of phenols is 1. The largest absolute Gasteiger partial charge is 0.506 e. The lowest BCUT2D eigenvalue weighted by Crippen LogP contribution is -2.30. The van der Waals surface area contributed by atoms with Crippen molar-refractivity contribution in [1.82, 2.24) is 14.9 Å². The minimum Gasteiger partial charge on any atom is -0.506 e. The number of methoxy groups -OCH3 is 2. The second-order valence-electron chi connectivity index (χ2n) is 8.68. The Kier molecular flexibility index (Phi) is 6.28. The highest BCUT2D eigenvalue weighted by Crippen LogP contribution is 2.47. The summed E-state index contributed by atoms with van der Waals surface area (Å²) in [6, 6.07) is 20.6. The number of aromatic hydroxyl groups is 1. The molecule has 0 saturated carbocycles. The fourth-order valence-electron chi connectivity index (χ4n) is 5.03. The maximum atomic E-state index is 10.6. The third-order valence-electron chi connectivity index (χ3n) is 6.66. The number of aryl methyl sites for hydroxylation is 1. The lowest BCUT2D eigenvalue weighted by atomic mass is 9.96. The van der Waals surface area contributed by atoms with E-state index in [1.54, 1.807) is 26.5 Å². The highest BCUT2D eigenvalue weighted by molar-refractivity contribution is 7.80. The van der Waals surface area contributed by atoms with Crippen molar-refractivity contribution in [2.24, 2.45) is 0 Å². The molecule has 8 heteroatoms. The Morgan fingerprint density at radius 1 is 0.944 bits per heavy atom. The van der Waals surface area contributed by atoms with E-state index in [9.17, 15) is 5.11 Å². The van der Waals surface area contributed by atoms with Crippen LogP contribution in [0.1, 0.15) is 34.7 Å². The van der Waals surface area contributed by atoms with E-state index in [2.05, 4.69) is 32.8 Å². The van der Waals surface area contributed by atoms with Gasteiger partial charge in [-0.3, -0.25) is 4.98 Å². The first-order valence-corrected chi connectivity index (χ1v) is 12.0. The molecule has 2 N–H and O–H groups in total. The van der Waals surface area contributed by atoms with Crippen LogP contribution in [0.5, 0.6) is 17.2 Å². The fraction of sp³-hybridized carbons (Fsp3) is 0.214. The Labute approximate surface area is 215 Å². The number of ether oxygens (including phenoxy) is 2. The van der Waals surface area contributed by atoms with Gasteiger partial charge < -0.3 is 29.4 Å². The van der Waals surface area contributed by atoms with Gasteiger partial charge in [-0.05, 0) is 74.1 Å². The molecule has 0 bridgehead atoms. The van der Waals surface area contributed by atoms with Crippen molar-refractivity contribution in [1.29, 1.82) is 0 Å². The van der Waals surface area contributed by atoms with E-state index in [4.69, 9.17) is 21.7 Å². The molecule has 2 aromatic carbocycles. The van der Waals surface area contributed by atoms with Gasteiger partial charge in [-0.15, -0.1) is 0 Å². The van der Waals surface area contributed by atoms with E-state index in [-0.39, 0.29) is 17.8 Å². The fourth-order valence-corrected chi connectivity index (χ4v) is 5.37. The summed E-state index contributed by atoms with van der Waals surface area (Å²) in [5.41, 5.74) is 5.46. The molecule has 3 heterocycles. The highest BCUT2D eigenvalue weighted by Gasteiger charge is 2.43. The molecule has 1 aliphatic rings. The van der Waals surface area contributed by atoms with Crippen molar-refractivity contribution in [2.75, 3.05) is 19.1 Å². The topological polar surface area (TPSA) is 71.8 Å². The molecule has 184 valence electrons. The van der Waals surface area contributed by atoms with Crippen LogP contribution >= 0.6 is 12.2 Å². The van der Waals surface area contributed by atoms with Crippen molar-refractivity contribution in [2.45, 2.75) is 25.9 Å². The highest BCUT2D eigenvalue weighted by atomic mass is 32.1. The predicted molar refractivity (Wildman–Crippen MR) is 144 cm³/mol. The molecule has 0 spiro atoms. The van der Waals surface area contributed by atoms with Crippen LogP contribution in [0.2, 0.25) is 0 Å². The number of anilines is 1. The predicted octanol–water partition coefficient (Wildman–Crippen LogP) is 5.39. The van der Waals surface area contributed by atoms with Gasteiger partial charge >= 0.3 is 0 Å². The molecule has 7 nitrogen and oxygen atoms in total. The number of benzene rings is 2. The van der Waals surface area contributed by atoms with Crippen LogP contribution in [0.4, 0.5) is 5.69 Å². The van der Waals surface area contributed by atoms with Crippen LogP contribution in [0.3, 0.4) is 0 Å². The zero-order valence-electron chi connectivity index (χ0n) is 20.6. The Bertz CT molecular complexity index is 1420. The minimum atomic E-state index is -0.237. The van der Waals surface area contributed by atoms with Crippen LogP contribution in [0, 0.1) is 13.8 Å². The summed E-state index contributed by atoms with van der Waals surface area (Å²) in [5, 5.41) is 14.7. The lowest BCUT2D eigenvalue weighted by molar-refractivity contribution is 0.403. The first kappa shape index (κ1) is 23.7. The number of para-hydroxylation sites is 2. The van der Waals surface area contributed by atoms with Crippen LogP contribution in [0.25, 0.3) is 5.69 Å². The maximum absolute atomic E-state index is 10.6. The Morgan fingerprint density at radius 3 is 2.42 bits per heavy atom. The first-order chi connectivity index (χ1) is 17.4. The molecule has 2 atom stereocenters. The van der Waals surface area contributed by atoms with E-state index >= 15 is 0 Å². The summed E-state index contributed by atoms with van der Waals surface area (Å²) in [7, 11) is 3.29. The number of aromatic nitrogens is 2. The summed E-state index contributed by atoms with van der Waals surface area (Å²) in [6.07, 6.45) is 1.79. The zero-order valence-corrected chi connectivity index (χ0v) is 21.4. The standard InChI is InChI=1S/C28H28N4O3S/c1-17-15-20(18(2)31(17)22-10-5-6-11-24(22)33)27-26(21-9-7-8-14-29-21)30-28(36)32(27)23-16-19(34-3)12-13-25(23)35-4/h5-16,26-27,33H,1-4H3,(H,30,36)/t26-,27+/m1/s1. The molecule has 0 radical (unpaired) electrons. The monoisotopic (exact) mass is 500 g/mol. The molecular weight excluding hydrogens is 472 g/mol. The summed E-state index contributed by atoms with van der Waals surface area (Å²) in [6.45, 7) is 4.10. The van der Waals surface area contributed by atoms with Gasteiger partial charge in [0.05, 0.1) is 43.4 Å². The van der Waals surface area contributed by atoms with Gasteiger partial charge in [0.1, 0.15) is 17.2 Å². The number of rotatable bonds is 6. The molecule has 1 fully saturated rings. The first-order valence-electron chi connectivity index (χ1n) is 11.6. The van der Waals surface area contributed by atoms with Crippen molar-refractivity contribution in [3.8, 4) is 22.9 Å². The Morgan fingerprint density at radius 2 is 1.72 bits per heavy atom. The van der Waals surface area contributed by atoms with Crippen LogP contribution < -0.4 is 19.7 Å². The lowest BCUT2D eigenvalue weighted by Gasteiger charge is -2.29. The van der Waals surface area contributed by atoms with E-state index in [0.29, 0.717) is 16.6 Å². The number of hydrogen-bond donors (Lipinski definition) is 2. The van der Waals surface area contributed by atoms with Gasteiger partial charge in [-0.25, -0.2) is 0 Å². The number of hydrogen-bond acceptors (Lipinski definition) is 5. The van der Waals surface area contributed by atoms with Crippen molar-refractivity contribution in [3.63, 3.8) is 0 Å². The molecular formula is C28H28N4O3S. The second kappa shape index (κ2) is 9.54. The van der Waals surface area contributed by atoms with E-state index in [1.165, 1.54) is 0 Å². The van der Waals surface area contributed by atoms with Gasteiger partial charge in [-0.2, -0.15) is 0 Å². The number of pyridine rings is 1. The molecule has 0 unspecified atom stereocenters. The normalized spacial score (nSPS) is 17.2. The minimum absolute atomic E-state index is 0.215. The molecule has 36 heavy (non-hydrogen) atoms. The van der Waals surface area contributed by atoms with Crippen molar-refractivity contribution < 1.29 is 14.6 Å². The zero-order chi connectivity index (χ0) is 25.4. The molecule has 2 aromatic heterocycles. The summed E-state index contributed by atoms with van der Waals surface area (Å²) < 4.78 is 13.3. The summed E-state index contributed by atoms with van der Waals surface area (Å²) >= 11 is 5.90. The third kappa shape index (κ3) is 3.93. The quantitative estimate of drug-likeness (QED) is 0.344. The molecule has 0 amide bonds. The molecule has 4 aromatic rings. The molecule has 0 aliphatic carbocycles. The average Bonchev–Trinajstić information content (AvgIpc) is 3.39. The van der Waals surface area contributed by atoms with Gasteiger partial charge in [-0.1, -0.05) is 18.2 Å². The van der Waals surface area contributed by atoms with Gasteiger partial charge in [0.2, 0.25) is 0 Å². The van der Waals surface area contributed by atoms with E-state index in [0.717, 1.165) is 34.0 Å². The van der Waals surface area contributed by atoms with Gasteiger partial charge in [0, 0.05) is 23.7 Å². The van der Waals surface area contributed by atoms with Crippen LogP contribution in [-0.2, 0) is 0 Å². The average molecular weight is 501 g/mol. The van der Waals surface area contributed by atoms with Crippen molar-refractivity contribution >= 4 is 23.0 Å². The molecule has 1 saturated heterocycles. The number of phenolic OH excluding ortho intramolecular Hbond substituents is 1. The Balaban J connectivity index is 1.73. The van der Waals surface area contributed by atoms with Gasteiger partial charge in [0.15, 0.2) is 5.11 Å². The van der Waals surface area contributed by atoms with E-state index in [1.807, 2.05) is 61.5 Å². The Hall–Kier alpha value is -4.04. The number of nitrogens with one attached hydrogen (secondary N) is 1. The van der Waals surface area contributed by atoms with E-state index < -0.39 is 0 Å². The number of nitrogens with zero attached hydrogens (tertiary/aromatic N) is 3.